The topological polar surface area (TPSA) is 82.1 Å². The summed E-state index contributed by atoms with van der Waals surface area (Å²) < 4.78 is 4.14. The predicted molar refractivity (Wildman–Crippen MR) is 98.1 cm³/mol. The molecular weight excluding hydrogens is 334 g/mol. The quantitative estimate of drug-likeness (QED) is 0.700. The van der Waals surface area contributed by atoms with Crippen LogP contribution in [0, 0.1) is 6.92 Å². The first-order valence-corrected chi connectivity index (χ1v) is 8.42. The lowest BCUT2D eigenvalue weighted by Crippen LogP contribution is -2.41. The van der Waals surface area contributed by atoms with Gasteiger partial charge in [-0.3, -0.25) is 18.7 Å². The Morgan fingerprint density at radius 2 is 2.00 bits per heavy atom. The van der Waals surface area contributed by atoms with Crippen LogP contribution in [-0.4, -0.2) is 31.0 Å². The lowest BCUT2D eigenvalue weighted by atomic mass is 10.2. The highest BCUT2D eigenvalue weighted by molar-refractivity contribution is 5.79. The third-order valence-electron chi connectivity index (χ3n) is 4.70. The maximum absolute atomic E-state index is 12.9. The lowest BCUT2D eigenvalue weighted by molar-refractivity contribution is -0.117. The first kappa shape index (κ1) is 16.3. The summed E-state index contributed by atoms with van der Waals surface area (Å²) in [7, 11) is 1.57. The number of fused-ring (bicyclic) bond motifs is 3. The molecular formula is C18H19N5O3. The van der Waals surface area contributed by atoms with Gasteiger partial charge in [-0.2, -0.15) is 4.98 Å². The molecule has 0 atom stereocenters. The molecule has 0 unspecified atom stereocenters. The fraction of sp³-hybridized carbons (Fsp3) is 0.333. The third kappa shape index (κ3) is 2.29. The summed E-state index contributed by atoms with van der Waals surface area (Å²) in [5.74, 6) is 0.393. The van der Waals surface area contributed by atoms with Crippen LogP contribution in [0.25, 0.3) is 11.2 Å². The van der Waals surface area contributed by atoms with Crippen molar-refractivity contribution in [2.24, 2.45) is 7.05 Å². The van der Waals surface area contributed by atoms with Crippen LogP contribution in [0.3, 0.4) is 0 Å². The summed E-state index contributed by atoms with van der Waals surface area (Å²) in [4.78, 5) is 43.4. The number of aromatic nitrogens is 4. The minimum Gasteiger partial charge on any atom is -0.310 e. The van der Waals surface area contributed by atoms with Crippen LogP contribution in [0.5, 0.6) is 0 Å². The molecule has 1 aromatic carbocycles. The zero-order valence-electron chi connectivity index (χ0n) is 14.9. The Labute approximate surface area is 148 Å². The Morgan fingerprint density at radius 1 is 1.23 bits per heavy atom. The molecule has 0 spiro atoms. The number of nitrogens with zero attached hydrogens (tertiary/aromatic N) is 5. The van der Waals surface area contributed by atoms with E-state index in [0.29, 0.717) is 30.2 Å². The fourth-order valence-corrected chi connectivity index (χ4v) is 3.48. The molecule has 1 aliphatic rings. The van der Waals surface area contributed by atoms with Gasteiger partial charge in [0.25, 0.3) is 5.56 Å². The summed E-state index contributed by atoms with van der Waals surface area (Å²) in [5.41, 5.74) is 1.83. The first-order valence-electron chi connectivity index (χ1n) is 8.42. The van der Waals surface area contributed by atoms with Gasteiger partial charge in [0.2, 0.25) is 5.95 Å². The summed E-state index contributed by atoms with van der Waals surface area (Å²) in [6.07, 6.45) is 0. The van der Waals surface area contributed by atoms with Gasteiger partial charge in [0, 0.05) is 25.8 Å². The second-order valence-corrected chi connectivity index (χ2v) is 6.66. The van der Waals surface area contributed by atoms with Crippen molar-refractivity contribution in [1.29, 1.82) is 0 Å². The van der Waals surface area contributed by atoms with Gasteiger partial charge in [-0.05, 0) is 31.5 Å². The van der Waals surface area contributed by atoms with Crippen LogP contribution in [-0.2, 0) is 24.9 Å². The lowest BCUT2D eigenvalue weighted by Gasteiger charge is -2.16. The smallest absolute Gasteiger partial charge is 0.310 e. The largest absolute Gasteiger partial charge is 0.332 e. The second kappa shape index (κ2) is 5.69. The Hall–Kier alpha value is -3.16. The second-order valence-electron chi connectivity index (χ2n) is 6.66. The van der Waals surface area contributed by atoms with Gasteiger partial charge in [0.1, 0.15) is 5.78 Å². The molecule has 0 amide bonds. The molecule has 134 valence electrons. The number of imidazole rings is 1. The average Bonchev–Trinajstić information content (AvgIpc) is 3.15. The maximum atomic E-state index is 12.9. The van der Waals surface area contributed by atoms with Gasteiger partial charge < -0.3 is 9.47 Å². The van der Waals surface area contributed by atoms with Crippen LogP contribution in [0.4, 0.5) is 11.6 Å². The Balaban J connectivity index is 1.97. The van der Waals surface area contributed by atoms with E-state index >= 15 is 0 Å². The van der Waals surface area contributed by atoms with E-state index in [1.165, 1.54) is 11.5 Å². The molecule has 0 aliphatic carbocycles. The van der Waals surface area contributed by atoms with Gasteiger partial charge in [-0.1, -0.05) is 12.1 Å². The van der Waals surface area contributed by atoms with Crippen LogP contribution in [0.15, 0.2) is 33.9 Å². The number of aryl methyl sites for hydroxylation is 2. The Bertz CT molecular complexity index is 1170. The number of ketones is 1. The highest BCUT2D eigenvalue weighted by Crippen LogP contribution is 2.31. The van der Waals surface area contributed by atoms with E-state index in [1.54, 1.807) is 7.05 Å². The van der Waals surface area contributed by atoms with Gasteiger partial charge >= 0.3 is 5.69 Å². The third-order valence-corrected chi connectivity index (χ3v) is 4.70. The van der Waals surface area contributed by atoms with E-state index in [2.05, 4.69) is 11.1 Å². The molecule has 3 heterocycles. The Morgan fingerprint density at radius 3 is 2.69 bits per heavy atom. The van der Waals surface area contributed by atoms with E-state index < -0.39 is 11.2 Å². The zero-order chi connectivity index (χ0) is 18.6. The van der Waals surface area contributed by atoms with Crippen LogP contribution in [0.1, 0.15) is 12.5 Å². The van der Waals surface area contributed by atoms with E-state index in [1.807, 2.05) is 34.6 Å². The molecule has 2 aromatic heterocycles. The van der Waals surface area contributed by atoms with Crippen molar-refractivity contribution < 1.29 is 4.79 Å². The van der Waals surface area contributed by atoms with Gasteiger partial charge in [-0.25, -0.2) is 4.79 Å². The molecule has 8 nitrogen and oxygen atoms in total. The molecule has 4 rings (SSSR count). The van der Waals surface area contributed by atoms with Crippen LogP contribution in [0.2, 0.25) is 0 Å². The van der Waals surface area contributed by atoms with Crippen molar-refractivity contribution in [3.05, 3.63) is 50.7 Å². The molecule has 3 aromatic rings. The number of anilines is 2. The van der Waals surface area contributed by atoms with Gasteiger partial charge in [0.05, 0.1) is 6.54 Å². The summed E-state index contributed by atoms with van der Waals surface area (Å²) in [6.45, 7) is 4.43. The number of carbonyl (C=O) groups excluding carboxylic acids is 1. The number of hydrogen-bond donors (Lipinski definition) is 0. The number of benzene rings is 1. The maximum Gasteiger partial charge on any atom is 0.332 e. The molecule has 8 heteroatoms. The number of carbonyl (C=O) groups is 1. The monoisotopic (exact) mass is 353 g/mol. The van der Waals surface area contributed by atoms with Crippen LogP contribution < -0.4 is 16.1 Å². The van der Waals surface area contributed by atoms with Gasteiger partial charge in [0.15, 0.2) is 11.2 Å². The average molecular weight is 353 g/mol. The first-order chi connectivity index (χ1) is 12.4. The van der Waals surface area contributed by atoms with Crippen molar-refractivity contribution in [3.8, 4) is 0 Å². The molecule has 0 saturated heterocycles. The van der Waals surface area contributed by atoms with E-state index in [9.17, 15) is 14.4 Å². The molecule has 0 bridgehead atoms. The number of rotatable bonds is 3. The molecule has 0 fully saturated rings. The minimum absolute atomic E-state index is 0.233. The minimum atomic E-state index is -0.531. The summed E-state index contributed by atoms with van der Waals surface area (Å²) in [6, 6.07) is 8.05. The summed E-state index contributed by atoms with van der Waals surface area (Å²) >= 11 is 0. The van der Waals surface area contributed by atoms with Crippen molar-refractivity contribution in [2.75, 3.05) is 11.4 Å². The van der Waals surface area contributed by atoms with Crippen molar-refractivity contribution in [1.82, 2.24) is 18.7 Å². The summed E-state index contributed by atoms with van der Waals surface area (Å²) in [5, 5.41) is 0. The highest BCUT2D eigenvalue weighted by Gasteiger charge is 2.28. The van der Waals surface area contributed by atoms with Crippen molar-refractivity contribution >= 4 is 28.6 Å². The standard InChI is InChI=1S/C18H19N5O3/c1-11-5-4-6-13(9-11)21-7-8-22-14-15(19-17(21)22)20(3)18(26)23(16(14)25)10-12(2)24/h4-6,9H,7-8,10H2,1-3H3. The fourth-order valence-electron chi connectivity index (χ4n) is 3.48. The molecule has 0 radical (unpaired) electrons. The van der Waals surface area contributed by atoms with E-state index in [-0.39, 0.29) is 12.3 Å². The normalized spacial score (nSPS) is 13.4. The predicted octanol–water partition coefficient (Wildman–Crippen LogP) is 0.946. The molecule has 1 aliphatic heterocycles. The molecule has 26 heavy (non-hydrogen) atoms. The van der Waals surface area contributed by atoms with Gasteiger partial charge in [-0.15, -0.1) is 0 Å². The molecule has 0 saturated carbocycles. The van der Waals surface area contributed by atoms with E-state index in [0.717, 1.165) is 15.8 Å². The highest BCUT2D eigenvalue weighted by atomic mass is 16.2. The van der Waals surface area contributed by atoms with Crippen molar-refractivity contribution in [2.45, 2.75) is 26.9 Å². The van der Waals surface area contributed by atoms with Crippen LogP contribution >= 0.6 is 0 Å². The zero-order valence-corrected chi connectivity index (χ0v) is 14.9. The van der Waals surface area contributed by atoms with Crippen molar-refractivity contribution in [3.63, 3.8) is 0 Å². The SMILES string of the molecule is CC(=O)Cn1c(=O)c2c(nc3n2CCN3c2cccc(C)c2)n(C)c1=O. The molecule has 0 N–H and O–H groups in total. The number of hydrogen-bond acceptors (Lipinski definition) is 5. The van der Waals surface area contributed by atoms with E-state index in [4.69, 9.17) is 0 Å². The Kier molecular flexibility index (Phi) is 3.57. The number of Topliss-reactive ketones (excluding diaryl/α,β-unsaturated/α-hetero) is 1.